The highest BCUT2D eigenvalue weighted by atomic mass is 16.6. The van der Waals surface area contributed by atoms with E-state index in [1.165, 1.54) is 6.20 Å². The van der Waals surface area contributed by atoms with E-state index in [2.05, 4.69) is 20.5 Å². The summed E-state index contributed by atoms with van der Waals surface area (Å²) >= 11 is 0. The summed E-state index contributed by atoms with van der Waals surface area (Å²) in [5.74, 6) is 0.600. The number of aromatic nitrogens is 3. The molecule has 0 amide bonds. The van der Waals surface area contributed by atoms with Crippen LogP contribution in [-0.4, -0.2) is 20.1 Å². The Morgan fingerprint density at radius 2 is 2.41 bits per heavy atom. The molecule has 0 saturated carbocycles. The summed E-state index contributed by atoms with van der Waals surface area (Å²) in [6.45, 7) is 2.23. The number of aryl methyl sites for hydroxylation is 1. The summed E-state index contributed by atoms with van der Waals surface area (Å²) in [5.41, 5.74) is 1.53. The van der Waals surface area contributed by atoms with Gasteiger partial charge in [-0.25, -0.2) is 4.98 Å². The molecule has 2 heterocycles. The topological polar surface area (TPSA) is 96.7 Å². The van der Waals surface area contributed by atoms with Gasteiger partial charge in [-0.2, -0.15) is 5.10 Å². The lowest BCUT2D eigenvalue weighted by atomic mass is 10.2. The summed E-state index contributed by atoms with van der Waals surface area (Å²) in [6.07, 6.45) is 2.91. The van der Waals surface area contributed by atoms with Crippen LogP contribution in [0.15, 0.2) is 24.5 Å². The number of anilines is 1. The van der Waals surface area contributed by atoms with Crippen molar-refractivity contribution in [2.24, 2.45) is 0 Å². The number of hydrogen-bond acceptors (Lipinski definition) is 5. The molecule has 88 valence electrons. The minimum Gasteiger partial charge on any atom is -0.364 e. The van der Waals surface area contributed by atoms with E-state index < -0.39 is 4.92 Å². The molecule has 0 aliphatic heterocycles. The zero-order valence-electron chi connectivity index (χ0n) is 9.17. The number of nitrogens with one attached hydrogen (secondary N) is 2. The van der Waals surface area contributed by atoms with E-state index in [9.17, 15) is 10.1 Å². The lowest BCUT2D eigenvalue weighted by Gasteiger charge is -2.04. The third kappa shape index (κ3) is 2.57. The maximum absolute atomic E-state index is 10.6. The van der Waals surface area contributed by atoms with Gasteiger partial charge in [-0.1, -0.05) is 0 Å². The van der Waals surface area contributed by atoms with E-state index in [4.69, 9.17) is 0 Å². The van der Waals surface area contributed by atoms with Gasteiger partial charge in [0.25, 0.3) is 5.69 Å². The number of aromatic amines is 1. The Kier molecular flexibility index (Phi) is 2.99. The minimum absolute atomic E-state index is 0.0251. The number of hydrogen-bond donors (Lipinski definition) is 2. The van der Waals surface area contributed by atoms with Crippen molar-refractivity contribution in [1.82, 2.24) is 15.2 Å². The highest BCUT2D eigenvalue weighted by Gasteiger charge is 2.11. The number of nitro groups is 1. The molecule has 0 fully saturated rings. The maximum atomic E-state index is 10.6. The second kappa shape index (κ2) is 4.60. The number of pyridine rings is 1. The first kappa shape index (κ1) is 11.1. The average Bonchev–Trinajstić information content (AvgIpc) is 2.78. The van der Waals surface area contributed by atoms with Crippen LogP contribution in [0.2, 0.25) is 0 Å². The molecule has 7 heteroatoms. The molecule has 2 rings (SSSR count). The van der Waals surface area contributed by atoms with Crippen molar-refractivity contribution in [2.45, 2.75) is 13.5 Å². The van der Waals surface area contributed by atoms with Crippen LogP contribution in [0.25, 0.3) is 0 Å². The predicted octanol–water partition coefficient (Wildman–Crippen LogP) is 1.63. The SMILES string of the molecule is Cc1cc(NCc2ccn[nH]2)ncc1[N+](=O)[O-]. The molecule has 2 aromatic rings. The molecule has 0 spiro atoms. The molecule has 17 heavy (non-hydrogen) atoms. The van der Waals surface area contributed by atoms with Gasteiger partial charge in [0.05, 0.1) is 17.2 Å². The molecule has 7 nitrogen and oxygen atoms in total. The highest BCUT2D eigenvalue weighted by molar-refractivity contribution is 5.46. The lowest BCUT2D eigenvalue weighted by molar-refractivity contribution is -0.385. The Labute approximate surface area is 97.0 Å². The number of nitrogens with zero attached hydrogens (tertiary/aromatic N) is 3. The van der Waals surface area contributed by atoms with E-state index in [0.717, 1.165) is 5.69 Å². The Balaban J connectivity index is 2.07. The standard InChI is InChI=1S/C10H11N5O2/c1-7-4-10(12-6-9(7)15(16)17)11-5-8-2-3-13-14-8/h2-4,6H,5H2,1H3,(H,11,12)(H,13,14). The molecule has 2 N–H and O–H groups in total. The Morgan fingerprint density at radius 3 is 3.00 bits per heavy atom. The fraction of sp³-hybridized carbons (Fsp3) is 0.200. The highest BCUT2D eigenvalue weighted by Crippen LogP contribution is 2.18. The van der Waals surface area contributed by atoms with Gasteiger partial charge in [-0.15, -0.1) is 0 Å². The molecule has 0 bridgehead atoms. The van der Waals surface area contributed by atoms with Crippen molar-refractivity contribution >= 4 is 11.5 Å². The van der Waals surface area contributed by atoms with E-state index in [1.807, 2.05) is 6.07 Å². The van der Waals surface area contributed by atoms with Gasteiger partial charge < -0.3 is 5.32 Å². The van der Waals surface area contributed by atoms with Crippen molar-refractivity contribution in [1.29, 1.82) is 0 Å². The first-order valence-corrected chi connectivity index (χ1v) is 5.00. The molecular weight excluding hydrogens is 222 g/mol. The molecule has 0 aliphatic carbocycles. The summed E-state index contributed by atoms with van der Waals surface area (Å²) in [4.78, 5) is 14.1. The maximum Gasteiger partial charge on any atom is 0.290 e. The molecule has 0 unspecified atom stereocenters. The van der Waals surface area contributed by atoms with Crippen LogP contribution in [0, 0.1) is 17.0 Å². The molecular formula is C10H11N5O2. The van der Waals surface area contributed by atoms with Crippen LogP contribution < -0.4 is 5.32 Å². The molecule has 2 aromatic heterocycles. The largest absolute Gasteiger partial charge is 0.364 e. The lowest BCUT2D eigenvalue weighted by Crippen LogP contribution is -2.03. The summed E-state index contributed by atoms with van der Waals surface area (Å²) in [7, 11) is 0. The zero-order valence-corrected chi connectivity index (χ0v) is 9.17. The van der Waals surface area contributed by atoms with Gasteiger partial charge in [0, 0.05) is 11.8 Å². The third-order valence-corrected chi connectivity index (χ3v) is 2.30. The number of rotatable bonds is 4. The second-order valence-corrected chi connectivity index (χ2v) is 3.55. The molecule has 0 aromatic carbocycles. The van der Waals surface area contributed by atoms with Crippen molar-refractivity contribution in [3.8, 4) is 0 Å². The predicted molar refractivity (Wildman–Crippen MR) is 61.5 cm³/mol. The van der Waals surface area contributed by atoms with Gasteiger partial charge in [0.15, 0.2) is 0 Å². The second-order valence-electron chi connectivity index (χ2n) is 3.55. The normalized spacial score (nSPS) is 10.2. The van der Waals surface area contributed by atoms with Crippen LogP contribution in [0.1, 0.15) is 11.3 Å². The van der Waals surface area contributed by atoms with Crippen molar-refractivity contribution in [2.75, 3.05) is 5.32 Å². The molecule has 0 atom stereocenters. The van der Waals surface area contributed by atoms with Crippen LogP contribution >= 0.6 is 0 Å². The Hall–Kier alpha value is -2.44. The Bertz CT molecular complexity index is 523. The smallest absolute Gasteiger partial charge is 0.290 e. The van der Waals surface area contributed by atoms with Crippen molar-refractivity contribution in [3.63, 3.8) is 0 Å². The van der Waals surface area contributed by atoms with E-state index >= 15 is 0 Å². The fourth-order valence-electron chi connectivity index (χ4n) is 1.41. The van der Waals surface area contributed by atoms with Gasteiger partial charge >= 0.3 is 0 Å². The van der Waals surface area contributed by atoms with Gasteiger partial charge in [-0.3, -0.25) is 15.2 Å². The first-order valence-electron chi connectivity index (χ1n) is 5.00. The van der Waals surface area contributed by atoms with Crippen molar-refractivity contribution < 1.29 is 4.92 Å². The Morgan fingerprint density at radius 1 is 1.59 bits per heavy atom. The quantitative estimate of drug-likeness (QED) is 0.618. The van der Waals surface area contributed by atoms with Crippen LogP contribution in [0.5, 0.6) is 0 Å². The minimum atomic E-state index is -0.443. The number of H-pyrrole nitrogens is 1. The molecule has 0 saturated heterocycles. The fourth-order valence-corrected chi connectivity index (χ4v) is 1.41. The summed E-state index contributed by atoms with van der Waals surface area (Å²) < 4.78 is 0. The van der Waals surface area contributed by atoms with Gasteiger partial charge in [0.2, 0.25) is 0 Å². The monoisotopic (exact) mass is 233 g/mol. The third-order valence-electron chi connectivity index (χ3n) is 2.30. The average molecular weight is 233 g/mol. The first-order chi connectivity index (χ1) is 8.16. The van der Waals surface area contributed by atoms with E-state index in [1.54, 1.807) is 19.2 Å². The van der Waals surface area contributed by atoms with Crippen LogP contribution in [0.3, 0.4) is 0 Å². The van der Waals surface area contributed by atoms with Crippen molar-refractivity contribution in [3.05, 3.63) is 45.9 Å². The van der Waals surface area contributed by atoms with Crippen LogP contribution in [0.4, 0.5) is 11.5 Å². The molecule has 0 aliphatic rings. The van der Waals surface area contributed by atoms with Gasteiger partial charge in [-0.05, 0) is 19.1 Å². The van der Waals surface area contributed by atoms with E-state index in [-0.39, 0.29) is 5.69 Å². The zero-order chi connectivity index (χ0) is 12.3. The van der Waals surface area contributed by atoms with E-state index in [0.29, 0.717) is 17.9 Å². The van der Waals surface area contributed by atoms with Crippen LogP contribution in [-0.2, 0) is 6.54 Å². The van der Waals surface area contributed by atoms with Gasteiger partial charge in [0.1, 0.15) is 12.0 Å². The summed E-state index contributed by atoms with van der Waals surface area (Å²) in [6, 6.07) is 3.49. The molecule has 0 radical (unpaired) electrons. The summed E-state index contributed by atoms with van der Waals surface area (Å²) in [5, 5.41) is 20.3.